The number of hydrogen-bond acceptors (Lipinski definition) is 4. The van der Waals surface area contributed by atoms with Crippen molar-refractivity contribution in [2.24, 2.45) is 0 Å². The van der Waals surface area contributed by atoms with Gasteiger partial charge in [-0.2, -0.15) is 0 Å². The standard InChI is InChI=1S/C20H21FN4OS/c1-4-25-19(15-8-6-5-7-14(15)3)23-24-20(25)27-12-18(26)22-17-11-13(2)9-10-16(17)21/h5-11H,4,12H2,1-3H3,(H,22,26). The molecule has 0 aliphatic heterocycles. The van der Waals surface area contributed by atoms with Crippen molar-refractivity contribution in [1.29, 1.82) is 0 Å². The van der Waals surface area contributed by atoms with E-state index in [9.17, 15) is 9.18 Å². The quantitative estimate of drug-likeness (QED) is 0.638. The van der Waals surface area contributed by atoms with Crippen molar-refractivity contribution in [2.75, 3.05) is 11.1 Å². The van der Waals surface area contributed by atoms with Crippen LogP contribution >= 0.6 is 11.8 Å². The number of aryl methyl sites for hydroxylation is 2. The fraction of sp³-hybridized carbons (Fsp3) is 0.250. The summed E-state index contributed by atoms with van der Waals surface area (Å²) in [6, 6.07) is 12.6. The molecule has 3 aromatic rings. The molecule has 0 unspecified atom stereocenters. The average Bonchev–Trinajstić information content (AvgIpc) is 3.06. The number of carbonyl (C=O) groups excluding carboxylic acids is 1. The lowest BCUT2D eigenvalue weighted by Gasteiger charge is -2.10. The SMILES string of the molecule is CCn1c(SCC(=O)Nc2cc(C)ccc2F)nnc1-c1ccccc1C. The van der Waals surface area contributed by atoms with Gasteiger partial charge in [0.2, 0.25) is 5.91 Å². The molecule has 1 heterocycles. The number of thioether (sulfide) groups is 1. The lowest BCUT2D eigenvalue weighted by Crippen LogP contribution is -2.15. The predicted molar refractivity (Wildman–Crippen MR) is 106 cm³/mol. The highest BCUT2D eigenvalue weighted by Crippen LogP contribution is 2.26. The monoisotopic (exact) mass is 384 g/mol. The zero-order valence-electron chi connectivity index (χ0n) is 15.5. The summed E-state index contributed by atoms with van der Waals surface area (Å²) in [6.07, 6.45) is 0. The molecule has 1 amide bonds. The van der Waals surface area contributed by atoms with Crippen molar-refractivity contribution in [1.82, 2.24) is 14.8 Å². The Labute approximate surface area is 162 Å². The Morgan fingerprint density at radius 2 is 1.96 bits per heavy atom. The van der Waals surface area contributed by atoms with Crippen molar-refractivity contribution >= 4 is 23.4 Å². The van der Waals surface area contributed by atoms with Gasteiger partial charge in [-0.05, 0) is 44.0 Å². The highest BCUT2D eigenvalue weighted by atomic mass is 32.2. The van der Waals surface area contributed by atoms with Crippen LogP contribution in [0.3, 0.4) is 0 Å². The van der Waals surface area contributed by atoms with Crippen LogP contribution in [-0.2, 0) is 11.3 Å². The van der Waals surface area contributed by atoms with Crippen molar-refractivity contribution in [2.45, 2.75) is 32.5 Å². The summed E-state index contributed by atoms with van der Waals surface area (Å²) in [5.41, 5.74) is 3.21. The molecule has 1 aromatic heterocycles. The van der Waals surface area contributed by atoms with E-state index < -0.39 is 5.82 Å². The van der Waals surface area contributed by atoms with E-state index in [0.717, 1.165) is 22.5 Å². The molecule has 0 saturated heterocycles. The molecular formula is C20H21FN4OS. The smallest absolute Gasteiger partial charge is 0.234 e. The van der Waals surface area contributed by atoms with Gasteiger partial charge < -0.3 is 9.88 Å². The molecule has 0 atom stereocenters. The van der Waals surface area contributed by atoms with Crippen molar-refractivity contribution < 1.29 is 9.18 Å². The summed E-state index contributed by atoms with van der Waals surface area (Å²) in [5, 5.41) is 11.8. The summed E-state index contributed by atoms with van der Waals surface area (Å²) in [5.74, 6) is 0.174. The number of halogens is 1. The molecular weight excluding hydrogens is 363 g/mol. The Bertz CT molecular complexity index is 970. The Kier molecular flexibility index (Phi) is 5.91. The van der Waals surface area contributed by atoms with Gasteiger partial charge in [0.15, 0.2) is 11.0 Å². The van der Waals surface area contributed by atoms with Crippen LogP contribution in [0.2, 0.25) is 0 Å². The van der Waals surface area contributed by atoms with Gasteiger partial charge in [0, 0.05) is 12.1 Å². The Hall–Kier alpha value is -2.67. The average molecular weight is 384 g/mol. The van der Waals surface area contributed by atoms with Crippen molar-refractivity contribution in [3.8, 4) is 11.4 Å². The molecule has 0 aliphatic rings. The molecule has 27 heavy (non-hydrogen) atoms. The number of nitrogens with zero attached hydrogens (tertiary/aromatic N) is 3. The number of anilines is 1. The van der Waals surface area contributed by atoms with E-state index in [-0.39, 0.29) is 17.3 Å². The number of amides is 1. The number of aromatic nitrogens is 3. The Morgan fingerprint density at radius 1 is 1.19 bits per heavy atom. The first-order valence-corrected chi connectivity index (χ1v) is 9.66. The largest absolute Gasteiger partial charge is 0.323 e. The van der Waals surface area contributed by atoms with E-state index in [1.165, 1.54) is 17.8 Å². The molecule has 1 N–H and O–H groups in total. The maximum absolute atomic E-state index is 13.8. The molecule has 5 nitrogen and oxygen atoms in total. The second-order valence-electron chi connectivity index (χ2n) is 6.19. The summed E-state index contributed by atoms with van der Waals surface area (Å²) < 4.78 is 15.8. The zero-order valence-corrected chi connectivity index (χ0v) is 16.3. The summed E-state index contributed by atoms with van der Waals surface area (Å²) in [7, 11) is 0. The van der Waals surface area contributed by atoms with Crippen LogP contribution in [0.5, 0.6) is 0 Å². The second-order valence-corrected chi connectivity index (χ2v) is 7.13. The van der Waals surface area contributed by atoms with Gasteiger partial charge in [0.05, 0.1) is 11.4 Å². The first kappa shape index (κ1) is 19.1. The molecule has 3 rings (SSSR count). The molecule has 0 fully saturated rings. The molecule has 2 aromatic carbocycles. The molecule has 0 spiro atoms. The number of benzene rings is 2. The normalized spacial score (nSPS) is 10.8. The molecule has 0 saturated carbocycles. The molecule has 0 bridgehead atoms. The van der Waals surface area contributed by atoms with Gasteiger partial charge in [0.1, 0.15) is 5.82 Å². The molecule has 140 valence electrons. The van der Waals surface area contributed by atoms with Crippen LogP contribution in [0.15, 0.2) is 47.6 Å². The molecule has 0 aliphatic carbocycles. The Balaban J connectivity index is 1.72. The van der Waals surface area contributed by atoms with Gasteiger partial charge in [-0.25, -0.2) is 4.39 Å². The van der Waals surface area contributed by atoms with Crippen LogP contribution in [0.1, 0.15) is 18.1 Å². The molecule has 0 radical (unpaired) electrons. The van der Waals surface area contributed by atoms with Gasteiger partial charge in [0.25, 0.3) is 0 Å². The number of nitrogens with one attached hydrogen (secondary N) is 1. The van der Waals surface area contributed by atoms with E-state index in [2.05, 4.69) is 15.5 Å². The third-order valence-corrected chi connectivity index (χ3v) is 5.11. The number of carbonyl (C=O) groups is 1. The summed E-state index contributed by atoms with van der Waals surface area (Å²) in [4.78, 5) is 12.2. The highest BCUT2D eigenvalue weighted by molar-refractivity contribution is 7.99. The summed E-state index contributed by atoms with van der Waals surface area (Å²) >= 11 is 1.29. The van der Waals surface area contributed by atoms with Crippen LogP contribution in [0.4, 0.5) is 10.1 Å². The minimum absolute atomic E-state index is 0.124. The third-order valence-electron chi connectivity index (χ3n) is 4.15. The van der Waals surface area contributed by atoms with Gasteiger partial charge in [-0.15, -0.1) is 10.2 Å². The van der Waals surface area contributed by atoms with E-state index >= 15 is 0 Å². The van der Waals surface area contributed by atoms with Gasteiger partial charge in [-0.3, -0.25) is 4.79 Å². The zero-order chi connectivity index (χ0) is 19.4. The van der Waals surface area contributed by atoms with Gasteiger partial charge >= 0.3 is 0 Å². The highest BCUT2D eigenvalue weighted by Gasteiger charge is 2.16. The van der Waals surface area contributed by atoms with E-state index in [1.54, 1.807) is 12.1 Å². The van der Waals surface area contributed by atoms with E-state index in [4.69, 9.17) is 0 Å². The van der Waals surface area contributed by atoms with Crippen LogP contribution in [0.25, 0.3) is 11.4 Å². The first-order valence-electron chi connectivity index (χ1n) is 8.67. The number of rotatable bonds is 6. The predicted octanol–water partition coefficient (Wildman–Crippen LogP) is 4.45. The topological polar surface area (TPSA) is 59.8 Å². The third kappa shape index (κ3) is 4.36. The van der Waals surface area contributed by atoms with Gasteiger partial charge in [-0.1, -0.05) is 42.1 Å². The van der Waals surface area contributed by atoms with Crippen LogP contribution < -0.4 is 5.32 Å². The maximum Gasteiger partial charge on any atom is 0.234 e. The lowest BCUT2D eigenvalue weighted by atomic mass is 10.1. The van der Waals surface area contributed by atoms with Crippen molar-refractivity contribution in [3.05, 3.63) is 59.4 Å². The minimum Gasteiger partial charge on any atom is -0.323 e. The fourth-order valence-electron chi connectivity index (χ4n) is 2.75. The summed E-state index contributed by atoms with van der Waals surface area (Å²) in [6.45, 7) is 6.58. The Morgan fingerprint density at radius 3 is 2.70 bits per heavy atom. The fourth-order valence-corrected chi connectivity index (χ4v) is 3.56. The van der Waals surface area contributed by atoms with Crippen LogP contribution in [-0.4, -0.2) is 26.4 Å². The van der Waals surface area contributed by atoms with E-state index in [1.807, 2.05) is 49.6 Å². The maximum atomic E-state index is 13.8. The second kappa shape index (κ2) is 8.35. The van der Waals surface area contributed by atoms with Crippen molar-refractivity contribution in [3.63, 3.8) is 0 Å². The molecule has 7 heteroatoms. The number of hydrogen-bond donors (Lipinski definition) is 1. The van der Waals surface area contributed by atoms with Crippen LogP contribution in [0, 0.1) is 19.7 Å². The van der Waals surface area contributed by atoms with E-state index in [0.29, 0.717) is 11.7 Å². The minimum atomic E-state index is -0.447. The lowest BCUT2D eigenvalue weighted by molar-refractivity contribution is -0.113. The first-order chi connectivity index (χ1) is 13.0.